The van der Waals surface area contributed by atoms with E-state index in [1.165, 1.54) is 28.3 Å². The molecule has 1 saturated heterocycles. The predicted molar refractivity (Wildman–Crippen MR) is 416 cm³/mol. The zero-order valence-electron chi connectivity index (χ0n) is 62.8. The summed E-state index contributed by atoms with van der Waals surface area (Å²) in [6, 6.07) is 22.3. The first kappa shape index (κ1) is 81.5. The lowest BCUT2D eigenvalue weighted by Gasteiger charge is -2.27. The number of imidazole rings is 3. The number of aliphatic imine (C=N–C) groups is 2. The summed E-state index contributed by atoms with van der Waals surface area (Å²) in [6.07, 6.45) is 15.5. The number of aromatic nitrogens is 11. The van der Waals surface area contributed by atoms with Gasteiger partial charge in [0.2, 0.25) is 11.8 Å². The molecule has 1 aromatic carbocycles. The minimum absolute atomic E-state index is 0.0139. The van der Waals surface area contributed by atoms with Crippen molar-refractivity contribution in [2.75, 3.05) is 32.8 Å². The van der Waals surface area contributed by atoms with Crippen LogP contribution in [0.1, 0.15) is 91.5 Å². The number of carbonyl (C=O) groups excluding carboxylic acids is 1. The van der Waals surface area contributed by atoms with Crippen LogP contribution in [0.3, 0.4) is 0 Å². The van der Waals surface area contributed by atoms with Gasteiger partial charge < -0.3 is 67.7 Å². The summed E-state index contributed by atoms with van der Waals surface area (Å²) in [6.45, 7) is 15.5. The summed E-state index contributed by atoms with van der Waals surface area (Å²) < 4.78 is 57.5. The second-order valence-electron chi connectivity index (χ2n) is 26.5. The lowest BCUT2D eigenvalue weighted by molar-refractivity contribution is -0.139. The van der Waals surface area contributed by atoms with Gasteiger partial charge in [0.25, 0.3) is 28.1 Å². The van der Waals surface area contributed by atoms with Crippen molar-refractivity contribution in [1.82, 2.24) is 57.0 Å². The second kappa shape index (κ2) is 36.4. The number of hydrogen-bond donors (Lipinski definition) is 5. The molecule has 1 unspecified atom stereocenters. The maximum atomic E-state index is 14.7. The SMILES string of the molecule is C1CCOC1.CC[C@H](C)Nc1cc(F)c(C(=O)N[C@@H](Cc2ccc(-c3ccc(C)n(C)c3=O)c3nccn23)C(=O)O)c(F)c1.COC1=N[C@@H](Cc2ccc(-c3ccnn(C)c3=O)c3nccn23)C(OC)=NC1C(C)C.Cc1ccc(-c2ccc(C[C@H](N)C(=O)O)n3ccnc23)c(=O)n1C.Cc1ccc(Br)c(=O)n1C. The molecular formula is C78H89BrF2N16O12. The van der Waals surface area contributed by atoms with E-state index in [0.29, 0.717) is 73.1 Å². The number of rotatable bonds is 17. The molecule has 10 aromatic heterocycles. The maximum absolute atomic E-state index is 14.7. The summed E-state index contributed by atoms with van der Waals surface area (Å²) in [7, 11) is 10.0. The molecule has 0 radical (unpaired) electrons. The van der Waals surface area contributed by atoms with Crippen molar-refractivity contribution in [3.8, 4) is 33.4 Å². The van der Waals surface area contributed by atoms with E-state index in [1.54, 1.807) is 140 Å². The summed E-state index contributed by atoms with van der Waals surface area (Å²) in [4.78, 5) is 108. The van der Waals surface area contributed by atoms with E-state index in [0.717, 1.165) is 65.8 Å². The Bertz CT molecular complexity index is 5450. The number of ether oxygens (including phenoxy) is 3. The van der Waals surface area contributed by atoms with Crippen LogP contribution in [0, 0.1) is 38.3 Å². The molecule has 0 saturated carbocycles. The van der Waals surface area contributed by atoms with Crippen LogP contribution < -0.4 is 38.6 Å². The maximum Gasteiger partial charge on any atom is 0.326 e. The monoisotopic (exact) mass is 1560 g/mol. The van der Waals surface area contributed by atoms with Crippen LogP contribution in [0.2, 0.25) is 0 Å². The standard InChI is InChI=1S/C28H29F2N5O4.C22H26N6O3.C17H18N4O3.C7H8BrNO.C4H8O/c1-5-15(2)32-17-12-21(29)24(22(30)13-17)26(36)33-23(28(38)39)14-18-7-9-19(25-31-10-11-35(18)25)20-8-6-16(3)34(4)27(20)37;1-13(2)18-21(31-5)25-17(20(26-18)30-4)12-14-6-7-15(19-23-10-11-28(14)19)16-8-9-24-27(3)22(16)29;1-10-3-5-13(16(22)20(10)2)12-6-4-11(9-14(18)17(23)24)21-8-7-19-15(12)21;1-5-3-4-6(8)7(10)9(5)2;1-2-4-5-3-1/h6-13,15,23,32H,5,14H2,1-4H3,(H,33,36)(H,38,39);6-11,13,17-18H,12H2,1-5H3;3-8,14H,9,18H2,1-2H3,(H,23,24);3-4H,1-2H3;1-4H2/t15-,23-;17-,18?;14-;;/m000../s1. The number of carboxylic acid groups (broad SMARTS) is 2. The average molecular weight is 1560 g/mol. The van der Waals surface area contributed by atoms with Gasteiger partial charge in [-0.3, -0.25) is 28.8 Å². The molecule has 0 spiro atoms. The Morgan fingerprint density at radius 1 is 0.606 bits per heavy atom. The molecule has 12 heterocycles. The van der Waals surface area contributed by atoms with Crippen molar-refractivity contribution in [3.63, 3.8) is 0 Å². The van der Waals surface area contributed by atoms with Crippen molar-refractivity contribution < 1.29 is 47.6 Å². The third-order valence-electron chi connectivity index (χ3n) is 18.8. The van der Waals surface area contributed by atoms with Crippen LogP contribution >= 0.6 is 15.9 Å². The van der Waals surface area contributed by atoms with Crippen molar-refractivity contribution in [2.45, 2.75) is 117 Å². The predicted octanol–water partition coefficient (Wildman–Crippen LogP) is 9.27. The molecule has 2 aliphatic rings. The van der Waals surface area contributed by atoms with Crippen LogP contribution in [0.25, 0.3) is 50.3 Å². The lowest BCUT2D eigenvalue weighted by atomic mass is 10.0. The van der Waals surface area contributed by atoms with Gasteiger partial charge in [0.15, 0.2) is 0 Å². The zero-order valence-corrected chi connectivity index (χ0v) is 64.4. The number of carbonyl (C=O) groups is 3. The highest BCUT2D eigenvalue weighted by Crippen LogP contribution is 2.29. The minimum Gasteiger partial charge on any atom is -0.483 e. The van der Waals surface area contributed by atoms with Gasteiger partial charge in [-0.2, -0.15) is 5.10 Å². The van der Waals surface area contributed by atoms with Crippen molar-refractivity contribution >= 4 is 68.2 Å². The normalized spacial score (nSPS) is 14.7. The lowest BCUT2D eigenvalue weighted by Crippen LogP contribution is -2.43. The van der Waals surface area contributed by atoms with Crippen LogP contribution in [0.15, 0.2) is 168 Å². The first-order valence-electron chi connectivity index (χ1n) is 35.1. The van der Waals surface area contributed by atoms with Gasteiger partial charge in [0.1, 0.15) is 58.3 Å². The molecule has 574 valence electrons. The summed E-state index contributed by atoms with van der Waals surface area (Å²) >= 11 is 3.15. The summed E-state index contributed by atoms with van der Waals surface area (Å²) in [5.41, 5.74) is 14.5. The molecule has 6 N–H and O–H groups in total. The van der Waals surface area contributed by atoms with Crippen molar-refractivity contribution in [3.05, 3.63) is 232 Å². The molecular weight excluding hydrogens is 1470 g/mol. The van der Waals surface area contributed by atoms with E-state index in [2.05, 4.69) is 60.5 Å². The van der Waals surface area contributed by atoms with Crippen molar-refractivity contribution in [1.29, 1.82) is 0 Å². The first-order valence-corrected chi connectivity index (χ1v) is 35.9. The first-order chi connectivity index (χ1) is 52.0. The number of benzene rings is 1. The number of anilines is 1. The smallest absolute Gasteiger partial charge is 0.326 e. The highest BCUT2D eigenvalue weighted by Gasteiger charge is 2.33. The fourth-order valence-electron chi connectivity index (χ4n) is 12.0. The molecule has 13 rings (SSSR count). The third kappa shape index (κ3) is 18.9. The Hall–Kier alpha value is -11.6. The highest BCUT2D eigenvalue weighted by molar-refractivity contribution is 9.10. The molecule has 5 atom stereocenters. The largest absolute Gasteiger partial charge is 0.483 e. The number of amides is 1. The molecule has 31 heteroatoms. The molecule has 11 aromatic rings. The zero-order chi connectivity index (χ0) is 79.2. The molecule has 1 amide bonds. The number of pyridine rings is 6. The van der Waals surface area contributed by atoms with E-state index < -0.39 is 47.1 Å². The van der Waals surface area contributed by atoms with Gasteiger partial charge in [-0.05, 0) is 160 Å². The molecule has 28 nitrogen and oxygen atoms in total. The number of aliphatic carboxylic acids is 2. The molecule has 0 aliphatic carbocycles. The number of hydrogen-bond acceptors (Lipinski definition) is 18. The average Bonchev–Trinajstić information content (AvgIpc) is 1.74. The Labute approximate surface area is 634 Å². The van der Waals surface area contributed by atoms with Crippen LogP contribution in [0.4, 0.5) is 14.5 Å². The molecule has 0 bridgehead atoms. The van der Waals surface area contributed by atoms with Crippen molar-refractivity contribution in [2.24, 2.45) is 49.8 Å². The van der Waals surface area contributed by atoms with Crippen LogP contribution in [-0.2, 0) is 71.3 Å². The number of halogens is 3. The van der Waals surface area contributed by atoms with Crippen LogP contribution in [0.5, 0.6) is 0 Å². The van der Waals surface area contributed by atoms with Gasteiger partial charge in [0.05, 0.1) is 35.4 Å². The summed E-state index contributed by atoms with van der Waals surface area (Å²) in [5.74, 6) is -4.41. The number of methoxy groups -OCH3 is 2. The van der Waals surface area contributed by atoms with Gasteiger partial charge >= 0.3 is 11.9 Å². The number of nitrogens with one attached hydrogen (secondary N) is 2. The third-order valence-corrected chi connectivity index (χ3v) is 19.4. The Morgan fingerprint density at radius 2 is 1.06 bits per heavy atom. The quantitative estimate of drug-likeness (QED) is 0.0566. The van der Waals surface area contributed by atoms with E-state index in [9.17, 15) is 47.4 Å². The fraction of sp³-hybridized carbons (Fsp3) is 0.346. The van der Waals surface area contributed by atoms with Gasteiger partial charge in [-0.1, -0.05) is 20.8 Å². The van der Waals surface area contributed by atoms with E-state index in [4.69, 9.17) is 35.0 Å². The molecule has 1 fully saturated rings. The van der Waals surface area contributed by atoms with E-state index in [-0.39, 0.29) is 64.8 Å². The topological polar surface area (TPSA) is 347 Å². The number of fused-ring (bicyclic) bond motifs is 3. The number of nitrogens with two attached hydrogens (primary N) is 1. The number of carboxylic acids is 2. The highest BCUT2D eigenvalue weighted by atomic mass is 79.9. The molecule has 2 aliphatic heterocycles. The van der Waals surface area contributed by atoms with Gasteiger partial charge in [-0.25, -0.2) is 43.2 Å². The Morgan fingerprint density at radius 3 is 1.51 bits per heavy atom. The Balaban J connectivity index is 0.000000174. The minimum atomic E-state index is -1.50. The fourth-order valence-corrected chi connectivity index (χ4v) is 12.4. The molecule has 109 heavy (non-hydrogen) atoms. The van der Waals surface area contributed by atoms with E-state index >= 15 is 0 Å². The summed E-state index contributed by atoms with van der Waals surface area (Å²) in [5, 5.41) is 28.0. The Kier molecular flexibility index (Phi) is 27.2. The number of nitrogens with zero attached hydrogens (tertiary/aromatic N) is 13. The van der Waals surface area contributed by atoms with Gasteiger partial charge in [0, 0.05) is 167 Å². The second-order valence-corrected chi connectivity index (χ2v) is 27.4. The van der Waals surface area contributed by atoms with Gasteiger partial charge in [-0.15, -0.1) is 0 Å². The van der Waals surface area contributed by atoms with Crippen LogP contribution in [-0.4, -0.2) is 149 Å². The number of aryl methyl sites for hydroxylation is 4. The van der Waals surface area contributed by atoms with E-state index in [1.807, 2.05) is 75.5 Å².